The molecule has 1 aromatic heterocycles. The first-order valence-corrected chi connectivity index (χ1v) is 5.93. The van der Waals surface area contributed by atoms with Crippen LogP contribution in [0.25, 0.3) is 0 Å². The summed E-state index contributed by atoms with van der Waals surface area (Å²) in [6.07, 6.45) is 2.29. The van der Waals surface area contributed by atoms with Crippen molar-refractivity contribution in [2.45, 2.75) is 25.3 Å². The number of rotatable bonds is 4. The molecule has 18 heavy (non-hydrogen) atoms. The van der Waals surface area contributed by atoms with E-state index in [1.807, 2.05) is 0 Å². The SMILES string of the molecule is COc1nc(Cl)nc(NC2CCCC2C(=O)O)n1. The number of carboxylic acids is 1. The van der Waals surface area contributed by atoms with Crippen LogP contribution in [-0.2, 0) is 4.79 Å². The van der Waals surface area contributed by atoms with Crippen molar-refractivity contribution in [3.8, 4) is 6.01 Å². The van der Waals surface area contributed by atoms with Crippen LogP contribution in [0.3, 0.4) is 0 Å². The highest BCUT2D eigenvalue weighted by atomic mass is 35.5. The third-order valence-electron chi connectivity index (χ3n) is 2.92. The topological polar surface area (TPSA) is 97.2 Å². The van der Waals surface area contributed by atoms with Crippen LogP contribution < -0.4 is 10.1 Å². The Hall–Kier alpha value is -1.63. The first-order chi connectivity index (χ1) is 8.60. The second-order valence-corrected chi connectivity index (χ2v) is 4.38. The fourth-order valence-corrected chi connectivity index (χ4v) is 2.23. The Labute approximate surface area is 109 Å². The number of hydrogen-bond acceptors (Lipinski definition) is 6. The van der Waals surface area contributed by atoms with Gasteiger partial charge >= 0.3 is 12.0 Å². The maximum Gasteiger partial charge on any atom is 0.322 e. The largest absolute Gasteiger partial charge is 0.481 e. The Morgan fingerprint density at radius 3 is 2.89 bits per heavy atom. The molecule has 2 atom stereocenters. The molecular formula is C10H13ClN4O3. The summed E-state index contributed by atoms with van der Waals surface area (Å²) in [5.41, 5.74) is 0. The minimum atomic E-state index is -0.808. The molecule has 0 aromatic carbocycles. The predicted octanol–water partition coefficient (Wildman–Crippen LogP) is 1.20. The van der Waals surface area contributed by atoms with Gasteiger partial charge in [-0.05, 0) is 24.4 Å². The Morgan fingerprint density at radius 1 is 1.44 bits per heavy atom. The van der Waals surface area contributed by atoms with E-state index in [4.69, 9.17) is 21.4 Å². The van der Waals surface area contributed by atoms with Gasteiger partial charge < -0.3 is 15.2 Å². The van der Waals surface area contributed by atoms with Gasteiger partial charge in [0.1, 0.15) is 0 Å². The number of methoxy groups -OCH3 is 1. The lowest BCUT2D eigenvalue weighted by atomic mass is 10.0. The quantitative estimate of drug-likeness (QED) is 0.850. The molecule has 7 nitrogen and oxygen atoms in total. The summed E-state index contributed by atoms with van der Waals surface area (Å²) in [6, 6.07) is -0.0898. The van der Waals surface area contributed by atoms with E-state index < -0.39 is 11.9 Å². The van der Waals surface area contributed by atoms with Crippen LogP contribution in [0.5, 0.6) is 6.01 Å². The number of carbonyl (C=O) groups is 1. The number of aliphatic carboxylic acids is 1. The molecule has 1 aromatic rings. The average molecular weight is 273 g/mol. The first kappa shape index (κ1) is 12.8. The molecule has 0 aliphatic heterocycles. The molecule has 2 unspecified atom stereocenters. The normalized spacial score (nSPS) is 22.8. The molecule has 0 radical (unpaired) electrons. The van der Waals surface area contributed by atoms with Crippen molar-refractivity contribution >= 4 is 23.5 Å². The molecule has 0 bridgehead atoms. The molecule has 1 saturated carbocycles. The highest BCUT2D eigenvalue weighted by Crippen LogP contribution is 2.28. The smallest absolute Gasteiger partial charge is 0.322 e. The van der Waals surface area contributed by atoms with Crippen molar-refractivity contribution in [1.29, 1.82) is 0 Å². The van der Waals surface area contributed by atoms with Crippen LogP contribution in [0.2, 0.25) is 5.28 Å². The van der Waals surface area contributed by atoms with E-state index >= 15 is 0 Å². The van der Waals surface area contributed by atoms with Gasteiger partial charge in [0.25, 0.3) is 0 Å². The minimum absolute atomic E-state index is 0.00854. The monoisotopic (exact) mass is 272 g/mol. The van der Waals surface area contributed by atoms with Crippen molar-refractivity contribution in [2.24, 2.45) is 5.92 Å². The number of halogens is 1. The molecule has 98 valence electrons. The highest BCUT2D eigenvalue weighted by Gasteiger charge is 2.33. The number of nitrogens with zero attached hydrogens (tertiary/aromatic N) is 3. The summed E-state index contributed by atoms with van der Waals surface area (Å²) in [7, 11) is 1.42. The summed E-state index contributed by atoms with van der Waals surface area (Å²) in [5, 5.41) is 12.1. The maximum absolute atomic E-state index is 11.0. The van der Waals surface area contributed by atoms with Crippen LogP contribution in [0.4, 0.5) is 5.95 Å². The predicted molar refractivity (Wildman–Crippen MR) is 63.8 cm³/mol. The molecular weight excluding hydrogens is 260 g/mol. The molecule has 1 heterocycles. The van der Waals surface area contributed by atoms with E-state index in [1.165, 1.54) is 7.11 Å². The van der Waals surface area contributed by atoms with Crippen molar-refractivity contribution in [1.82, 2.24) is 15.0 Å². The average Bonchev–Trinajstić information content (AvgIpc) is 2.76. The summed E-state index contributed by atoms with van der Waals surface area (Å²) < 4.78 is 4.87. The molecule has 1 fully saturated rings. The Balaban J connectivity index is 2.13. The van der Waals surface area contributed by atoms with Crippen LogP contribution in [-0.4, -0.2) is 39.2 Å². The molecule has 8 heteroatoms. The van der Waals surface area contributed by atoms with Crippen molar-refractivity contribution in [3.63, 3.8) is 0 Å². The van der Waals surface area contributed by atoms with E-state index in [-0.39, 0.29) is 23.3 Å². The van der Waals surface area contributed by atoms with Gasteiger partial charge in [0, 0.05) is 6.04 Å². The second-order valence-electron chi connectivity index (χ2n) is 4.04. The molecule has 1 aliphatic carbocycles. The van der Waals surface area contributed by atoms with E-state index in [2.05, 4.69) is 20.3 Å². The molecule has 0 saturated heterocycles. The van der Waals surface area contributed by atoms with Gasteiger partial charge in [-0.3, -0.25) is 4.79 Å². The number of hydrogen-bond donors (Lipinski definition) is 2. The van der Waals surface area contributed by atoms with E-state index in [0.717, 1.165) is 12.8 Å². The van der Waals surface area contributed by atoms with E-state index in [9.17, 15) is 4.79 Å². The zero-order chi connectivity index (χ0) is 13.1. The van der Waals surface area contributed by atoms with Gasteiger partial charge in [-0.25, -0.2) is 0 Å². The van der Waals surface area contributed by atoms with Gasteiger partial charge in [0.2, 0.25) is 11.2 Å². The van der Waals surface area contributed by atoms with Crippen molar-refractivity contribution < 1.29 is 14.6 Å². The molecule has 2 N–H and O–H groups in total. The van der Waals surface area contributed by atoms with Crippen molar-refractivity contribution in [3.05, 3.63) is 5.28 Å². The van der Waals surface area contributed by atoms with Gasteiger partial charge in [0.15, 0.2) is 0 Å². The minimum Gasteiger partial charge on any atom is -0.481 e. The van der Waals surface area contributed by atoms with Crippen LogP contribution in [0.15, 0.2) is 0 Å². The lowest BCUT2D eigenvalue weighted by molar-refractivity contribution is -0.141. The Bertz CT molecular complexity index is 457. The number of carboxylic acid groups (broad SMARTS) is 1. The standard InChI is InChI=1S/C10H13ClN4O3/c1-18-10-14-8(11)13-9(15-10)12-6-4-2-3-5(6)7(16)17/h5-6H,2-4H2,1H3,(H,16,17)(H,12,13,14,15). The van der Waals surface area contributed by atoms with Crippen LogP contribution >= 0.6 is 11.6 Å². The number of ether oxygens (including phenoxy) is 1. The van der Waals surface area contributed by atoms with E-state index in [0.29, 0.717) is 6.42 Å². The molecule has 1 aliphatic rings. The fraction of sp³-hybridized carbons (Fsp3) is 0.600. The lowest BCUT2D eigenvalue weighted by Gasteiger charge is -2.17. The third kappa shape index (κ3) is 2.79. The lowest BCUT2D eigenvalue weighted by Crippen LogP contribution is -2.30. The van der Waals surface area contributed by atoms with Gasteiger partial charge in [0.05, 0.1) is 13.0 Å². The second kappa shape index (κ2) is 5.34. The van der Waals surface area contributed by atoms with Gasteiger partial charge in [-0.1, -0.05) is 6.42 Å². The fourth-order valence-electron chi connectivity index (χ4n) is 2.08. The highest BCUT2D eigenvalue weighted by molar-refractivity contribution is 6.28. The number of aromatic nitrogens is 3. The Morgan fingerprint density at radius 2 is 2.22 bits per heavy atom. The third-order valence-corrected chi connectivity index (χ3v) is 3.09. The van der Waals surface area contributed by atoms with E-state index in [1.54, 1.807) is 0 Å². The van der Waals surface area contributed by atoms with Crippen molar-refractivity contribution in [2.75, 3.05) is 12.4 Å². The maximum atomic E-state index is 11.0. The summed E-state index contributed by atoms with van der Waals surface area (Å²) in [4.78, 5) is 22.7. The summed E-state index contributed by atoms with van der Waals surface area (Å²) in [6.45, 7) is 0. The molecule has 0 amide bonds. The molecule has 2 rings (SSSR count). The van der Waals surface area contributed by atoms with Gasteiger partial charge in [-0.2, -0.15) is 15.0 Å². The van der Waals surface area contributed by atoms with Crippen LogP contribution in [0, 0.1) is 5.92 Å². The number of anilines is 1. The molecule has 0 spiro atoms. The summed E-state index contributed by atoms with van der Waals surface area (Å²) in [5.74, 6) is -0.992. The zero-order valence-corrected chi connectivity index (χ0v) is 10.5. The first-order valence-electron chi connectivity index (χ1n) is 5.55. The Kier molecular flexibility index (Phi) is 3.81. The number of nitrogens with one attached hydrogen (secondary N) is 1. The van der Waals surface area contributed by atoms with Gasteiger partial charge in [-0.15, -0.1) is 0 Å². The van der Waals surface area contributed by atoms with Crippen LogP contribution in [0.1, 0.15) is 19.3 Å². The summed E-state index contributed by atoms with van der Waals surface area (Å²) >= 11 is 5.71. The zero-order valence-electron chi connectivity index (χ0n) is 9.76.